The van der Waals surface area contributed by atoms with E-state index in [0.717, 1.165) is 12.8 Å². The Bertz CT molecular complexity index is 179. The fourth-order valence-electron chi connectivity index (χ4n) is 1.97. The lowest BCUT2D eigenvalue weighted by Gasteiger charge is -2.26. The lowest BCUT2D eigenvalue weighted by molar-refractivity contribution is -0.149. The van der Waals surface area contributed by atoms with E-state index in [0.29, 0.717) is 0 Å². The van der Waals surface area contributed by atoms with Crippen molar-refractivity contribution in [3.8, 4) is 0 Å². The Labute approximate surface area is 93.7 Å². The van der Waals surface area contributed by atoms with Gasteiger partial charge in [-0.15, -0.1) is 0 Å². The first-order chi connectivity index (χ1) is 7.33. The predicted octanol–water partition coefficient (Wildman–Crippen LogP) is 4.36. The van der Waals surface area contributed by atoms with Crippen molar-refractivity contribution < 1.29 is 9.47 Å². The predicted molar refractivity (Wildman–Crippen MR) is 62.3 cm³/mol. The van der Waals surface area contributed by atoms with Crippen molar-refractivity contribution in [3.63, 3.8) is 0 Å². The van der Waals surface area contributed by atoms with E-state index in [2.05, 4.69) is 13.8 Å². The SMILES string of the molecule is CCCCCCCCC1(CC)OC=CO1. The van der Waals surface area contributed by atoms with Gasteiger partial charge in [-0.1, -0.05) is 46.0 Å². The number of rotatable bonds is 8. The van der Waals surface area contributed by atoms with Crippen molar-refractivity contribution in [3.05, 3.63) is 12.5 Å². The molecule has 0 aliphatic carbocycles. The summed E-state index contributed by atoms with van der Waals surface area (Å²) in [7, 11) is 0. The fraction of sp³-hybridized carbons (Fsp3) is 0.846. The summed E-state index contributed by atoms with van der Waals surface area (Å²) in [6.07, 6.45) is 13.2. The molecule has 0 unspecified atom stereocenters. The van der Waals surface area contributed by atoms with Gasteiger partial charge in [0.05, 0.1) is 0 Å². The van der Waals surface area contributed by atoms with Crippen molar-refractivity contribution in [2.24, 2.45) is 0 Å². The highest BCUT2D eigenvalue weighted by Crippen LogP contribution is 2.29. The van der Waals surface area contributed by atoms with Crippen molar-refractivity contribution in [1.29, 1.82) is 0 Å². The van der Waals surface area contributed by atoms with Gasteiger partial charge in [0.1, 0.15) is 12.5 Å². The summed E-state index contributed by atoms with van der Waals surface area (Å²) in [5, 5.41) is 0. The van der Waals surface area contributed by atoms with Crippen LogP contribution in [0.25, 0.3) is 0 Å². The van der Waals surface area contributed by atoms with Gasteiger partial charge < -0.3 is 9.47 Å². The Morgan fingerprint density at radius 3 is 2.07 bits per heavy atom. The van der Waals surface area contributed by atoms with Crippen LogP contribution in [-0.2, 0) is 9.47 Å². The van der Waals surface area contributed by atoms with Crippen LogP contribution in [0.3, 0.4) is 0 Å². The van der Waals surface area contributed by atoms with Gasteiger partial charge in [-0.05, 0) is 6.42 Å². The molecule has 0 aromatic rings. The molecule has 0 radical (unpaired) electrons. The molecule has 0 saturated carbocycles. The Balaban J connectivity index is 2.03. The molecular weight excluding hydrogens is 188 g/mol. The molecule has 88 valence electrons. The second-order valence-electron chi connectivity index (χ2n) is 4.29. The third kappa shape index (κ3) is 4.15. The highest BCUT2D eigenvalue weighted by atomic mass is 16.7. The van der Waals surface area contributed by atoms with Crippen LogP contribution in [0.2, 0.25) is 0 Å². The molecule has 1 aliphatic rings. The van der Waals surface area contributed by atoms with E-state index < -0.39 is 0 Å². The van der Waals surface area contributed by atoms with E-state index in [4.69, 9.17) is 9.47 Å². The third-order valence-electron chi connectivity index (χ3n) is 3.07. The number of unbranched alkanes of at least 4 members (excludes halogenated alkanes) is 5. The molecule has 0 spiro atoms. The molecule has 0 N–H and O–H groups in total. The molecule has 0 bridgehead atoms. The van der Waals surface area contributed by atoms with Gasteiger partial charge in [-0.25, -0.2) is 0 Å². The number of ether oxygens (including phenoxy) is 2. The molecule has 0 aromatic carbocycles. The Kier molecular flexibility index (Phi) is 5.59. The van der Waals surface area contributed by atoms with E-state index in [1.165, 1.54) is 38.5 Å². The van der Waals surface area contributed by atoms with Crippen LogP contribution in [0.5, 0.6) is 0 Å². The highest BCUT2D eigenvalue weighted by Gasteiger charge is 2.32. The Morgan fingerprint density at radius 2 is 1.47 bits per heavy atom. The van der Waals surface area contributed by atoms with Crippen LogP contribution in [0.1, 0.15) is 65.2 Å². The average Bonchev–Trinajstić information content (AvgIpc) is 2.73. The van der Waals surface area contributed by atoms with Crippen LogP contribution in [0.15, 0.2) is 12.5 Å². The Morgan fingerprint density at radius 1 is 0.867 bits per heavy atom. The standard InChI is InChI=1S/C13H24O2/c1-3-5-6-7-8-9-10-13(4-2)14-11-12-15-13/h11-12H,3-10H2,1-2H3. The summed E-state index contributed by atoms with van der Waals surface area (Å²) in [4.78, 5) is 0. The van der Waals surface area contributed by atoms with Crippen LogP contribution in [0, 0.1) is 0 Å². The largest absolute Gasteiger partial charge is 0.457 e. The van der Waals surface area contributed by atoms with E-state index in [-0.39, 0.29) is 5.79 Å². The van der Waals surface area contributed by atoms with Gasteiger partial charge in [0.15, 0.2) is 0 Å². The highest BCUT2D eigenvalue weighted by molar-refractivity contribution is 4.82. The quantitative estimate of drug-likeness (QED) is 0.556. The van der Waals surface area contributed by atoms with Crippen molar-refractivity contribution in [2.75, 3.05) is 0 Å². The molecule has 0 atom stereocenters. The van der Waals surface area contributed by atoms with Crippen LogP contribution >= 0.6 is 0 Å². The molecule has 15 heavy (non-hydrogen) atoms. The summed E-state index contributed by atoms with van der Waals surface area (Å²) < 4.78 is 11.0. The fourth-order valence-corrected chi connectivity index (χ4v) is 1.97. The van der Waals surface area contributed by atoms with E-state index in [1.54, 1.807) is 12.5 Å². The zero-order chi connectivity index (χ0) is 11.0. The van der Waals surface area contributed by atoms with E-state index in [9.17, 15) is 0 Å². The molecule has 0 amide bonds. The lowest BCUT2D eigenvalue weighted by atomic mass is 10.0. The minimum absolute atomic E-state index is 0.329. The molecular formula is C13H24O2. The molecule has 1 heterocycles. The first-order valence-corrected chi connectivity index (χ1v) is 6.33. The second kappa shape index (κ2) is 6.76. The first-order valence-electron chi connectivity index (χ1n) is 6.33. The maximum Gasteiger partial charge on any atom is 0.249 e. The summed E-state index contributed by atoms with van der Waals surface area (Å²) in [5.74, 6) is -0.329. The maximum absolute atomic E-state index is 5.51. The molecule has 2 nitrogen and oxygen atoms in total. The first kappa shape index (κ1) is 12.4. The molecule has 1 rings (SSSR count). The van der Waals surface area contributed by atoms with Crippen molar-refractivity contribution in [2.45, 2.75) is 71.0 Å². The van der Waals surface area contributed by atoms with Crippen LogP contribution in [-0.4, -0.2) is 5.79 Å². The number of hydrogen-bond acceptors (Lipinski definition) is 2. The second-order valence-corrected chi connectivity index (χ2v) is 4.29. The summed E-state index contributed by atoms with van der Waals surface area (Å²) in [5.41, 5.74) is 0. The average molecular weight is 212 g/mol. The van der Waals surface area contributed by atoms with Crippen molar-refractivity contribution in [1.82, 2.24) is 0 Å². The molecule has 0 aromatic heterocycles. The smallest absolute Gasteiger partial charge is 0.249 e. The van der Waals surface area contributed by atoms with Gasteiger partial charge in [-0.3, -0.25) is 0 Å². The summed E-state index contributed by atoms with van der Waals surface area (Å²) >= 11 is 0. The Hall–Kier alpha value is -0.660. The molecule has 1 aliphatic heterocycles. The topological polar surface area (TPSA) is 18.5 Å². The van der Waals surface area contributed by atoms with Crippen LogP contribution in [0.4, 0.5) is 0 Å². The third-order valence-corrected chi connectivity index (χ3v) is 3.07. The van der Waals surface area contributed by atoms with Gasteiger partial charge in [0.25, 0.3) is 0 Å². The van der Waals surface area contributed by atoms with E-state index >= 15 is 0 Å². The van der Waals surface area contributed by atoms with Gasteiger partial charge in [0.2, 0.25) is 5.79 Å². The molecule has 2 heteroatoms. The summed E-state index contributed by atoms with van der Waals surface area (Å²) in [6.45, 7) is 4.36. The summed E-state index contributed by atoms with van der Waals surface area (Å²) in [6, 6.07) is 0. The van der Waals surface area contributed by atoms with Gasteiger partial charge in [-0.2, -0.15) is 0 Å². The van der Waals surface area contributed by atoms with Gasteiger partial charge in [0, 0.05) is 12.8 Å². The van der Waals surface area contributed by atoms with Gasteiger partial charge >= 0.3 is 0 Å². The zero-order valence-corrected chi connectivity index (χ0v) is 10.1. The number of hydrogen-bond donors (Lipinski definition) is 0. The molecule has 0 saturated heterocycles. The van der Waals surface area contributed by atoms with Crippen LogP contribution < -0.4 is 0 Å². The minimum atomic E-state index is -0.329. The molecule has 0 fully saturated rings. The van der Waals surface area contributed by atoms with Crippen molar-refractivity contribution >= 4 is 0 Å². The zero-order valence-electron chi connectivity index (χ0n) is 10.1. The normalized spacial score (nSPS) is 17.5. The monoisotopic (exact) mass is 212 g/mol. The minimum Gasteiger partial charge on any atom is -0.457 e. The lowest BCUT2D eigenvalue weighted by Crippen LogP contribution is -2.28. The van der Waals surface area contributed by atoms with E-state index in [1.807, 2.05) is 0 Å². The maximum atomic E-state index is 5.51.